The van der Waals surface area contributed by atoms with Crippen LogP contribution < -0.4 is 19.5 Å². The molecule has 3 rings (SSSR count). The first-order valence-corrected chi connectivity index (χ1v) is 9.56. The molecule has 0 bridgehead atoms. The number of rotatable bonds is 6. The zero-order valence-electron chi connectivity index (χ0n) is 16.1. The molecule has 0 spiro atoms. The summed E-state index contributed by atoms with van der Waals surface area (Å²) in [5, 5.41) is 4.16. The highest BCUT2D eigenvalue weighted by Gasteiger charge is 2.29. The Kier molecular flexibility index (Phi) is 6.83. The van der Waals surface area contributed by atoms with Crippen LogP contribution in [0.3, 0.4) is 0 Å². The fourth-order valence-electron chi connectivity index (χ4n) is 3.73. The molecular formula is C21H27ClN2O3. The van der Waals surface area contributed by atoms with Gasteiger partial charge in [-0.25, -0.2) is 0 Å². The van der Waals surface area contributed by atoms with E-state index < -0.39 is 0 Å². The molecular weight excluding hydrogens is 364 g/mol. The molecule has 5 nitrogen and oxygen atoms in total. The molecule has 1 fully saturated rings. The van der Waals surface area contributed by atoms with Crippen LogP contribution in [0.5, 0.6) is 17.2 Å². The number of hydrogen-bond donors (Lipinski definition) is 1. The summed E-state index contributed by atoms with van der Waals surface area (Å²) in [4.78, 5) is 2.45. The number of nitrogens with zero attached hydrogens (tertiary/aromatic N) is 1. The van der Waals surface area contributed by atoms with Crippen LogP contribution in [0.1, 0.15) is 23.6 Å². The molecule has 0 saturated carbocycles. The molecule has 0 aliphatic carbocycles. The monoisotopic (exact) mass is 390 g/mol. The van der Waals surface area contributed by atoms with Crippen LogP contribution in [0, 0.1) is 0 Å². The normalized spacial score (nSPS) is 16.4. The third kappa shape index (κ3) is 4.32. The van der Waals surface area contributed by atoms with E-state index in [1.54, 1.807) is 21.3 Å². The molecule has 1 unspecified atom stereocenters. The van der Waals surface area contributed by atoms with E-state index in [1.165, 1.54) is 0 Å². The second kappa shape index (κ2) is 9.31. The van der Waals surface area contributed by atoms with Gasteiger partial charge < -0.3 is 19.5 Å². The van der Waals surface area contributed by atoms with Gasteiger partial charge in [-0.3, -0.25) is 4.90 Å². The van der Waals surface area contributed by atoms with Crippen LogP contribution in [-0.2, 0) is 0 Å². The highest BCUT2D eigenvalue weighted by molar-refractivity contribution is 6.30. The third-order valence-corrected chi connectivity index (χ3v) is 5.19. The maximum atomic E-state index is 6.37. The van der Waals surface area contributed by atoms with Crippen molar-refractivity contribution in [1.82, 2.24) is 10.2 Å². The number of ether oxygens (including phenoxy) is 3. The molecule has 2 aromatic carbocycles. The molecule has 0 aromatic heterocycles. The van der Waals surface area contributed by atoms with E-state index in [-0.39, 0.29) is 6.04 Å². The van der Waals surface area contributed by atoms with E-state index in [9.17, 15) is 0 Å². The first-order chi connectivity index (χ1) is 13.2. The van der Waals surface area contributed by atoms with E-state index in [0.717, 1.165) is 55.2 Å². The molecule has 146 valence electrons. The lowest BCUT2D eigenvalue weighted by Gasteiger charge is -2.33. The van der Waals surface area contributed by atoms with Gasteiger partial charge in [0.05, 0.1) is 27.4 Å². The molecule has 2 aromatic rings. The molecule has 1 aliphatic rings. The zero-order chi connectivity index (χ0) is 19.2. The summed E-state index contributed by atoms with van der Waals surface area (Å²) in [6, 6.07) is 11.7. The zero-order valence-corrected chi connectivity index (χ0v) is 16.9. The minimum Gasteiger partial charge on any atom is -0.496 e. The van der Waals surface area contributed by atoms with Crippen LogP contribution in [0.25, 0.3) is 0 Å². The van der Waals surface area contributed by atoms with Crippen molar-refractivity contribution in [3.63, 3.8) is 0 Å². The molecule has 1 atom stereocenters. The standard InChI is InChI=1S/C21H27ClN2O3/c1-25-18-9-8-15(22)14-17(18)20(24-12-5-10-23-11-13-24)16-6-4-7-19(26-2)21(16)27-3/h4,6-9,14,20,23H,5,10-13H2,1-3H3. The number of para-hydroxylation sites is 1. The topological polar surface area (TPSA) is 43.0 Å². The van der Waals surface area contributed by atoms with Crippen molar-refractivity contribution in [1.29, 1.82) is 0 Å². The van der Waals surface area contributed by atoms with Gasteiger partial charge in [-0.1, -0.05) is 23.7 Å². The lowest BCUT2D eigenvalue weighted by atomic mass is 9.94. The molecule has 27 heavy (non-hydrogen) atoms. The summed E-state index contributed by atoms with van der Waals surface area (Å²) < 4.78 is 17.0. The van der Waals surface area contributed by atoms with E-state index in [4.69, 9.17) is 25.8 Å². The van der Waals surface area contributed by atoms with Crippen LogP contribution in [0.2, 0.25) is 5.02 Å². The lowest BCUT2D eigenvalue weighted by molar-refractivity contribution is 0.230. The second-order valence-electron chi connectivity index (χ2n) is 6.51. The van der Waals surface area contributed by atoms with E-state index in [0.29, 0.717) is 10.8 Å². The molecule has 1 heterocycles. The Morgan fingerprint density at radius 1 is 0.926 bits per heavy atom. The van der Waals surface area contributed by atoms with E-state index >= 15 is 0 Å². The number of methoxy groups -OCH3 is 3. The maximum absolute atomic E-state index is 6.37. The Morgan fingerprint density at radius 2 is 1.74 bits per heavy atom. The fourth-order valence-corrected chi connectivity index (χ4v) is 3.91. The van der Waals surface area contributed by atoms with Crippen molar-refractivity contribution < 1.29 is 14.2 Å². The molecule has 6 heteroatoms. The predicted molar refractivity (Wildman–Crippen MR) is 108 cm³/mol. The lowest BCUT2D eigenvalue weighted by Crippen LogP contribution is -2.33. The van der Waals surface area contributed by atoms with Gasteiger partial charge in [-0.05, 0) is 37.2 Å². The quantitative estimate of drug-likeness (QED) is 0.813. The summed E-state index contributed by atoms with van der Waals surface area (Å²) in [5.74, 6) is 2.27. The summed E-state index contributed by atoms with van der Waals surface area (Å²) in [6.45, 7) is 3.84. The van der Waals surface area contributed by atoms with Gasteiger partial charge in [0.2, 0.25) is 0 Å². The SMILES string of the molecule is COc1ccc(Cl)cc1C(c1cccc(OC)c1OC)N1CCCNCC1. The van der Waals surface area contributed by atoms with Crippen LogP contribution in [0.15, 0.2) is 36.4 Å². The van der Waals surface area contributed by atoms with Crippen molar-refractivity contribution >= 4 is 11.6 Å². The van der Waals surface area contributed by atoms with Crippen molar-refractivity contribution in [3.8, 4) is 17.2 Å². The first kappa shape index (κ1) is 19.8. The highest BCUT2D eigenvalue weighted by Crippen LogP contribution is 2.43. The Labute approximate surface area is 166 Å². The maximum Gasteiger partial charge on any atom is 0.165 e. The Bertz CT molecular complexity index is 761. The minimum atomic E-state index is -0.0522. The van der Waals surface area contributed by atoms with Crippen molar-refractivity contribution in [3.05, 3.63) is 52.5 Å². The summed E-state index contributed by atoms with van der Waals surface area (Å²) in [6.07, 6.45) is 1.08. The fraction of sp³-hybridized carbons (Fsp3) is 0.429. The number of hydrogen-bond acceptors (Lipinski definition) is 5. The van der Waals surface area contributed by atoms with Gasteiger partial charge in [0.15, 0.2) is 11.5 Å². The van der Waals surface area contributed by atoms with E-state index in [1.807, 2.05) is 30.3 Å². The molecule has 0 amide bonds. The minimum absolute atomic E-state index is 0.0522. The van der Waals surface area contributed by atoms with Crippen LogP contribution in [-0.4, -0.2) is 52.4 Å². The molecule has 1 aliphatic heterocycles. The average Bonchev–Trinajstić information content (AvgIpc) is 2.97. The summed E-state index contributed by atoms with van der Waals surface area (Å²) >= 11 is 6.37. The summed E-state index contributed by atoms with van der Waals surface area (Å²) in [7, 11) is 5.03. The van der Waals surface area contributed by atoms with Gasteiger partial charge in [0, 0.05) is 35.8 Å². The highest BCUT2D eigenvalue weighted by atomic mass is 35.5. The second-order valence-corrected chi connectivity index (χ2v) is 6.95. The van der Waals surface area contributed by atoms with Gasteiger partial charge in [0.25, 0.3) is 0 Å². The van der Waals surface area contributed by atoms with E-state index in [2.05, 4.69) is 16.3 Å². The molecule has 1 N–H and O–H groups in total. The Morgan fingerprint density at radius 3 is 2.48 bits per heavy atom. The van der Waals surface area contributed by atoms with Gasteiger partial charge in [-0.15, -0.1) is 0 Å². The van der Waals surface area contributed by atoms with Gasteiger partial charge >= 0.3 is 0 Å². The van der Waals surface area contributed by atoms with Crippen LogP contribution >= 0.6 is 11.6 Å². The molecule has 0 radical (unpaired) electrons. The average molecular weight is 391 g/mol. The largest absolute Gasteiger partial charge is 0.496 e. The van der Waals surface area contributed by atoms with Crippen molar-refractivity contribution in [2.24, 2.45) is 0 Å². The third-order valence-electron chi connectivity index (χ3n) is 4.95. The summed E-state index contributed by atoms with van der Waals surface area (Å²) in [5.41, 5.74) is 2.07. The Balaban J connectivity index is 2.18. The van der Waals surface area contributed by atoms with Crippen molar-refractivity contribution in [2.75, 3.05) is 47.5 Å². The Hall–Kier alpha value is -1.95. The predicted octanol–water partition coefficient (Wildman–Crippen LogP) is 3.75. The number of benzene rings is 2. The van der Waals surface area contributed by atoms with Crippen LogP contribution in [0.4, 0.5) is 0 Å². The van der Waals surface area contributed by atoms with Gasteiger partial charge in [0.1, 0.15) is 5.75 Å². The van der Waals surface area contributed by atoms with Gasteiger partial charge in [-0.2, -0.15) is 0 Å². The first-order valence-electron chi connectivity index (χ1n) is 9.18. The smallest absolute Gasteiger partial charge is 0.165 e. The molecule has 1 saturated heterocycles. The van der Waals surface area contributed by atoms with Crippen molar-refractivity contribution in [2.45, 2.75) is 12.5 Å². The number of nitrogens with one attached hydrogen (secondary N) is 1. The number of halogens is 1.